The zero-order valence-electron chi connectivity index (χ0n) is 76.1. The average Bonchev–Trinajstić information content (AvgIpc) is 0.836. The van der Waals surface area contributed by atoms with Crippen molar-refractivity contribution < 1.29 is 52.3 Å². The van der Waals surface area contributed by atoms with Crippen molar-refractivity contribution in [2.24, 2.45) is 5.92 Å². The van der Waals surface area contributed by atoms with Crippen LogP contribution in [0.3, 0.4) is 0 Å². The van der Waals surface area contributed by atoms with Gasteiger partial charge >= 0.3 is 6.03 Å². The molecular formula is C105H162N4O11. The van der Waals surface area contributed by atoms with E-state index in [-0.39, 0.29) is 37.1 Å². The number of unbranched alkanes of at least 4 members (excludes halogenated alkanes) is 36. The summed E-state index contributed by atoms with van der Waals surface area (Å²) in [5, 5.41) is 9.49. The SMILES string of the molecule is CCCCCCCCCCCCOc1ccc(COc2ccc(C(=O)NCCCN(CCCNC(=O)c3ccc(OCc4ccc(OCCCCCCCCCCCC)cc4)c(OCc4ccc(OCCCCCCCCCCCC)cc4)c3)C(=O)NC(C)CCCC(C)C)cc2OCc2ccc(OCCCCCCCCCCCC)cc2)cc1. The van der Waals surface area contributed by atoms with Gasteiger partial charge in [0.05, 0.1) is 26.4 Å². The van der Waals surface area contributed by atoms with Gasteiger partial charge < -0.3 is 58.7 Å². The van der Waals surface area contributed by atoms with Gasteiger partial charge in [0.2, 0.25) is 0 Å². The van der Waals surface area contributed by atoms with E-state index >= 15 is 0 Å². The summed E-state index contributed by atoms with van der Waals surface area (Å²) in [5.41, 5.74) is 4.70. The van der Waals surface area contributed by atoms with Gasteiger partial charge in [-0.25, -0.2) is 4.79 Å². The van der Waals surface area contributed by atoms with E-state index in [0.29, 0.717) is 119 Å². The lowest BCUT2D eigenvalue weighted by atomic mass is 10.0. The number of hydrogen-bond acceptors (Lipinski definition) is 11. The van der Waals surface area contributed by atoms with Crippen LogP contribution in [0.25, 0.3) is 0 Å². The van der Waals surface area contributed by atoms with E-state index in [9.17, 15) is 14.4 Å². The van der Waals surface area contributed by atoms with Crippen molar-refractivity contribution in [2.45, 2.75) is 370 Å². The summed E-state index contributed by atoms with van der Waals surface area (Å²) in [6.07, 6.45) is 55.2. The molecule has 0 fully saturated rings. The third-order valence-electron chi connectivity index (χ3n) is 22.6. The Morgan fingerprint density at radius 3 is 0.808 bits per heavy atom. The van der Waals surface area contributed by atoms with Crippen LogP contribution in [-0.4, -0.2) is 81.4 Å². The van der Waals surface area contributed by atoms with Gasteiger partial charge in [-0.3, -0.25) is 9.59 Å². The van der Waals surface area contributed by atoms with Crippen LogP contribution in [0, 0.1) is 5.92 Å². The summed E-state index contributed by atoms with van der Waals surface area (Å²) in [7, 11) is 0. The van der Waals surface area contributed by atoms with Crippen LogP contribution in [0.4, 0.5) is 4.79 Å². The fourth-order valence-electron chi connectivity index (χ4n) is 14.9. The molecule has 1 unspecified atom stereocenters. The molecule has 0 spiro atoms. The molecule has 4 amide bonds. The van der Waals surface area contributed by atoms with Crippen molar-refractivity contribution in [3.63, 3.8) is 0 Å². The third kappa shape index (κ3) is 47.4. The van der Waals surface area contributed by atoms with Crippen molar-refractivity contribution in [3.8, 4) is 46.0 Å². The molecule has 0 aliphatic heterocycles. The second-order valence-electron chi connectivity index (χ2n) is 34.1. The van der Waals surface area contributed by atoms with Gasteiger partial charge in [0.1, 0.15) is 49.4 Å². The Morgan fingerprint density at radius 1 is 0.283 bits per heavy atom. The Kier molecular flexibility index (Phi) is 55.9. The number of ether oxygens (including phenoxy) is 8. The molecule has 0 heterocycles. The Morgan fingerprint density at radius 2 is 0.542 bits per heavy atom. The lowest BCUT2D eigenvalue weighted by Crippen LogP contribution is -2.45. The van der Waals surface area contributed by atoms with Crippen molar-refractivity contribution >= 4 is 17.8 Å². The molecule has 6 aromatic carbocycles. The maximum absolute atomic E-state index is 14.2. The first-order chi connectivity index (χ1) is 58.9. The highest BCUT2D eigenvalue weighted by Gasteiger charge is 2.20. The number of rotatable bonds is 75. The van der Waals surface area contributed by atoms with Crippen LogP contribution < -0.4 is 53.8 Å². The summed E-state index contributed by atoms with van der Waals surface area (Å²) < 4.78 is 50.6. The third-order valence-corrected chi connectivity index (χ3v) is 22.6. The molecule has 120 heavy (non-hydrogen) atoms. The van der Waals surface area contributed by atoms with Crippen molar-refractivity contribution in [1.29, 1.82) is 0 Å². The molecule has 668 valence electrons. The molecule has 0 aliphatic carbocycles. The molecule has 0 aromatic heterocycles. The van der Waals surface area contributed by atoms with Gasteiger partial charge in [-0.05, 0) is 165 Å². The molecule has 0 bridgehead atoms. The Balaban J connectivity index is 1.05. The minimum Gasteiger partial charge on any atom is -0.494 e. The molecular weight excluding hydrogens is 1490 g/mol. The fraction of sp³-hybridized carbons (Fsp3) is 0.629. The maximum Gasteiger partial charge on any atom is 0.317 e. The van der Waals surface area contributed by atoms with Crippen molar-refractivity contribution in [2.75, 3.05) is 52.6 Å². The smallest absolute Gasteiger partial charge is 0.317 e. The van der Waals surface area contributed by atoms with E-state index in [1.54, 1.807) is 41.3 Å². The van der Waals surface area contributed by atoms with E-state index < -0.39 is 0 Å². The number of amides is 4. The summed E-state index contributed by atoms with van der Waals surface area (Å²) in [5.74, 6) is 5.32. The van der Waals surface area contributed by atoms with Crippen molar-refractivity contribution in [3.05, 3.63) is 167 Å². The molecule has 15 nitrogen and oxygen atoms in total. The van der Waals surface area contributed by atoms with Crippen LogP contribution >= 0.6 is 0 Å². The number of carbonyl (C=O) groups excluding carboxylic acids is 3. The number of nitrogens with one attached hydrogen (secondary N) is 3. The quantitative estimate of drug-likeness (QED) is 0.0311. The average molecular weight is 1660 g/mol. The lowest BCUT2D eigenvalue weighted by Gasteiger charge is -2.26. The predicted octanol–water partition coefficient (Wildman–Crippen LogP) is 28.4. The number of carbonyl (C=O) groups is 3. The first-order valence-corrected chi connectivity index (χ1v) is 48.2. The Labute approximate surface area is 728 Å². The van der Waals surface area contributed by atoms with Crippen LogP contribution in [0.2, 0.25) is 0 Å². The minimum atomic E-state index is -0.270. The molecule has 6 aromatic rings. The summed E-state index contributed by atoms with van der Waals surface area (Å²) in [6.45, 7) is 20.8. The molecule has 3 N–H and O–H groups in total. The number of benzene rings is 6. The summed E-state index contributed by atoms with van der Waals surface area (Å²) in [4.78, 5) is 44.3. The fourth-order valence-corrected chi connectivity index (χ4v) is 14.9. The van der Waals surface area contributed by atoms with Gasteiger partial charge in [0.15, 0.2) is 23.0 Å². The van der Waals surface area contributed by atoms with E-state index in [1.165, 1.54) is 231 Å². The number of hydrogen-bond donors (Lipinski definition) is 3. The molecule has 15 heteroatoms. The number of nitrogens with zero attached hydrogens (tertiary/aromatic N) is 1. The Hall–Kier alpha value is -8.07. The van der Waals surface area contributed by atoms with E-state index in [2.05, 4.69) is 64.4 Å². The molecule has 0 saturated carbocycles. The molecule has 1 atom stereocenters. The zero-order valence-corrected chi connectivity index (χ0v) is 76.1. The monoisotopic (exact) mass is 1660 g/mol. The van der Waals surface area contributed by atoms with Gasteiger partial charge in [0, 0.05) is 43.3 Å². The first kappa shape index (κ1) is 101. The van der Waals surface area contributed by atoms with Crippen molar-refractivity contribution in [1.82, 2.24) is 20.9 Å². The zero-order chi connectivity index (χ0) is 85.2. The minimum absolute atomic E-state index is 0.0343. The lowest BCUT2D eigenvalue weighted by molar-refractivity contribution is 0.0945. The van der Waals surface area contributed by atoms with Gasteiger partial charge in [-0.15, -0.1) is 0 Å². The second-order valence-corrected chi connectivity index (χ2v) is 34.1. The van der Waals surface area contributed by atoms with Gasteiger partial charge in [-0.2, -0.15) is 0 Å². The molecule has 0 saturated heterocycles. The van der Waals surface area contributed by atoms with Crippen LogP contribution in [-0.2, 0) is 26.4 Å². The highest BCUT2D eigenvalue weighted by molar-refractivity contribution is 5.95. The van der Waals surface area contributed by atoms with E-state index in [0.717, 1.165) is 90.2 Å². The number of urea groups is 1. The second kappa shape index (κ2) is 66.5. The molecule has 0 radical (unpaired) electrons. The van der Waals surface area contributed by atoms with Crippen LogP contribution in [0.5, 0.6) is 46.0 Å². The standard InChI is InChI=1S/C105H162N4O11/c1-8-12-16-20-24-28-32-36-40-44-77-113-95-63-53-89(54-64-95)83-117-99-71-61-93(81-101(99)119-85-91-57-67-97(68-58-91)115-79-46-42-38-34-30-26-22-18-14-10-3)103(110)106-73-49-75-109(105(112)108-88(7)52-48-51-87(5)6)76-50-74-107-104(111)94-62-72-100(118-84-90-55-65-96(66-56-90)114-78-45-41-37-33-29-25-21-17-13-9-2)102(82-94)120-86-92-59-69-98(70-60-92)116-80-47-43-39-35-31-27-23-19-15-11-4/h53-72,81-82,87-88H,8-52,73-80,83-86H2,1-7H3,(H,106,110)(H,107,111)(H,108,112). The maximum atomic E-state index is 14.2. The van der Waals surface area contributed by atoms with Crippen LogP contribution in [0.1, 0.15) is 380 Å². The highest BCUT2D eigenvalue weighted by atomic mass is 16.5. The Bertz CT molecular complexity index is 3320. The molecule has 0 aliphatic rings. The van der Waals surface area contributed by atoms with Crippen LogP contribution in [0.15, 0.2) is 133 Å². The molecule has 6 rings (SSSR count). The largest absolute Gasteiger partial charge is 0.494 e. The first-order valence-electron chi connectivity index (χ1n) is 48.2. The van der Waals surface area contributed by atoms with E-state index in [4.69, 9.17) is 37.9 Å². The highest BCUT2D eigenvalue weighted by Crippen LogP contribution is 2.34. The summed E-state index contributed by atoms with van der Waals surface area (Å²) in [6, 6.07) is 42.6. The summed E-state index contributed by atoms with van der Waals surface area (Å²) >= 11 is 0. The van der Waals surface area contributed by atoms with E-state index in [1.807, 2.05) is 97.1 Å². The normalized spacial score (nSPS) is 11.5. The van der Waals surface area contributed by atoms with Gasteiger partial charge in [-0.1, -0.05) is 334 Å². The van der Waals surface area contributed by atoms with Gasteiger partial charge in [0.25, 0.3) is 11.8 Å². The topological polar surface area (TPSA) is 164 Å². The predicted molar refractivity (Wildman–Crippen MR) is 497 cm³/mol.